The zero-order valence-electron chi connectivity index (χ0n) is 31.3. The van der Waals surface area contributed by atoms with Crippen molar-refractivity contribution in [2.45, 2.75) is 71.7 Å². The molecule has 0 N–H and O–H groups in total. The molecule has 2 amide bonds. The number of hydrogen-bond acceptors (Lipinski definition) is 9. The topological polar surface area (TPSA) is 157 Å². The Morgan fingerprint density at radius 3 is 2.52 bits per heavy atom. The molecule has 1 fully saturated rings. The van der Waals surface area contributed by atoms with E-state index < -0.39 is 17.5 Å². The van der Waals surface area contributed by atoms with Crippen molar-refractivity contribution in [3.63, 3.8) is 0 Å². The molecule has 14 nitrogen and oxygen atoms in total. The summed E-state index contributed by atoms with van der Waals surface area (Å²) < 4.78 is 25.7. The van der Waals surface area contributed by atoms with E-state index >= 15 is 4.39 Å². The maximum atomic E-state index is 15.1. The fraction of sp³-hybridized carbons (Fsp3) is 0.350. The van der Waals surface area contributed by atoms with Crippen LogP contribution in [0, 0.1) is 24.1 Å². The second kappa shape index (κ2) is 14.2. The molecule has 1 saturated heterocycles. The van der Waals surface area contributed by atoms with Crippen LogP contribution in [0.2, 0.25) is 5.28 Å². The first-order valence-corrected chi connectivity index (χ1v) is 18.7. The number of carbonyl (C=O) groups is 2. The first-order chi connectivity index (χ1) is 26.8. The van der Waals surface area contributed by atoms with E-state index in [0.717, 1.165) is 16.6 Å². The van der Waals surface area contributed by atoms with Crippen LogP contribution in [0.25, 0.3) is 27.9 Å². The Balaban J connectivity index is 1.07. The lowest BCUT2D eigenvalue weighted by Gasteiger charge is -2.33. The highest BCUT2D eigenvalue weighted by atomic mass is 35.5. The fourth-order valence-corrected chi connectivity index (χ4v) is 7.98. The van der Waals surface area contributed by atoms with Crippen LogP contribution in [0.1, 0.15) is 78.2 Å². The monoisotopic (exact) mass is 776 g/mol. The Kier molecular flexibility index (Phi) is 9.32. The van der Waals surface area contributed by atoms with Crippen molar-refractivity contribution in [3.8, 4) is 11.8 Å². The standard InChI is InChI=1S/C40H38ClFN10O4/c1-23-33-35(47-37(41)46-23)52(26-11-15-48(16-12-26)39(55)56-40(2,3)4)38(54)51(33)27-9-10-31(45-20-27)36(53)49-17-13-28-29-6-5-14-44-34(29)50(32(28)22-49)21-25-8-7-24(19-43)18-30(25)42/h5-10,14,18,20,26H,11-13,15-17,21-22H2,1-4H3. The normalized spacial score (nSPS) is 14.9. The number of hydrogen-bond donors (Lipinski definition) is 0. The Bertz CT molecular complexity index is 2650. The number of amides is 2. The number of nitriles is 1. The van der Waals surface area contributed by atoms with Gasteiger partial charge in [0.1, 0.15) is 28.3 Å². The van der Waals surface area contributed by atoms with Gasteiger partial charge in [0.05, 0.1) is 42.3 Å². The van der Waals surface area contributed by atoms with Crippen LogP contribution >= 0.6 is 11.6 Å². The molecule has 0 aliphatic carbocycles. The van der Waals surface area contributed by atoms with Gasteiger partial charge in [-0.2, -0.15) is 10.2 Å². The average Bonchev–Trinajstić information content (AvgIpc) is 3.65. The fourth-order valence-electron chi connectivity index (χ4n) is 7.77. The predicted molar refractivity (Wildman–Crippen MR) is 205 cm³/mol. The second-order valence-corrected chi connectivity index (χ2v) is 15.5. The Labute approximate surface area is 325 Å². The number of benzene rings is 1. The number of carbonyl (C=O) groups excluding carboxylic acids is 2. The molecule has 5 aromatic heterocycles. The molecule has 0 spiro atoms. The van der Waals surface area contributed by atoms with Gasteiger partial charge in [-0.1, -0.05) is 6.07 Å². The minimum atomic E-state index is -0.621. The SMILES string of the molecule is Cc1nc(Cl)nc2c1n(-c1ccc(C(=O)N3CCc4c(n(Cc5ccc(C#N)cc5F)c5ncccc45)C3)nc1)c(=O)n2C1CCN(C(=O)OC(C)(C)C)CC1. The molecular formula is C40H38ClFN10O4. The molecule has 1 aromatic carbocycles. The summed E-state index contributed by atoms with van der Waals surface area (Å²) >= 11 is 6.32. The maximum absolute atomic E-state index is 15.1. The van der Waals surface area contributed by atoms with Crippen LogP contribution in [-0.4, -0.2) is 80.7 Å². The Hall–Kier alpha value is -6.14. The van der Waals surface area contributed by atoms with Crippen LogP contribution < -0.4 is 5.69 Å². The molecule has 2 aliphatic rings. The molecule has 0 radical (unpaired) electrons. The Morgan fingerprint density at radius 2 is 1.82 bits per heavy atom. The summed E-state index contributed by atoms with van der Waals surface area (Å²) in [6, 6.07) is 13.2. The van der Waals surface area contributed by atoms with Crippen LogP contribution in [0.4, 0.5) is 9.18 Å². The van der Waals surface area contributed by atoms with Crippen molar-refractivity contribution >= 4 is 45.8 Å². The minimum Gasteiger partial charge on any atom is -0.444 e. The molecule has 0 unspecified atom stereocenters. The largest absolute Gasteiger partial charge is 0.444 e. The summed E-state index contributed by atoms with van der Waals surface area (Å²) in [5.74, 6) is -0.784. The van der Waals surface area contributed by atoms with Crippen molar-refractivity contribution in [3.05, 3.63) is 110 Å². The predicted octanol–water partition coefficient (Wildman–Crippen LogP) is 6.12. The zero-order valence-corrected chi connectivity index (χ0v) is 32.0. The van der Waals surface area contributed by atoms with Crippen molar-refractivity contribution < 1.29 is 18.7 Å². The lowest BCUT2D eigenvalue weighted by molar-refractivity contribution is 0.0188. The van der Waals surface area contributed by atoms with E-state index in [1.165, 1.54) is 16.8 Å². The van der Waals surface area contributed by atoms with Gasteiger partial charge in [-0.05, 0) is 101 Å². The van der Waals surface area contributed by atoms with E-state index in [1.807, 2.05) is 43.5 Å². The number of aryl methyl sites for hydroxylation is 1. The Morgan fingerprint density at radius 1 is 1.04 bits per heavy atom. The number of nitrogens with zero attached hydrogens (tertiary/aromatic N) is 10. The first-order valence-electron chi connectivity index (χ1n) is 18.4. The summed E-state index contributed by atoms with van der Waals surface area (Å²) in [6.07, 6.45) is 4.35. The highest BCUT2D eigenvalue weighted by Crippen LogP contribution is 2.32. The molecule has 0 saturated carbocycles. The summed E-state index contributed by atoms with van der Waals surface area (Å²) in [4.78, 5) is 62.3. The molecule has 8 rings (SSSR count). The number of halogens is 2. The maximum Gasteiger partial charge on any atom is 0.410 e. The molecule has 286 valence electrons. The van der Waals surface area contributed by atoms with Gasteiger partial charge in [0.15, 0.2) is 5.65 Å². The van der Waals surface area contributed by atoms with Gasteiger partial charge < -0.3 is 19.1 Å². The third-order valence-corrected chi connectivity index (χ3v) is 10.5. The third-order valence-electron chi connectivity index (χ3n) is 10.4. The van der Waals surface area contributed by atoms with E-state index in [0.29, 0.717) is 72.7 Å². The van der Waals surface area contributed by atoms with E-state index in [1.54, 1.807) is 51.8 Å². The zero-order chi connectivity index (χ0) is 39.5. The minimum absolute atomic E-state index is 0.00714. The molecule has 0 bridgehead atoms. The summed E-state index contributed by atoms with van der Waals surface area (Å²) in [5.41, 5.74) is 4.21. The smallest absolute Gasteiger partial charge is 0.410 e. The molecular weight excluding hydrogens is 739 g/mol. The third kappa shape index (κ3) is 6.63. The number of pyridine rings is 2. The molecule has 6 aromatic rings. The number of piperidine rings is 1. The van der Waals surface area contributed by atoms with Crippen molar-refractivity contribution in [1.29, 1.82) is 5.26 Å². The van der Waals surface area contributed by atoms with Crippen LogP contribution in [-0.2, 0) is 24.2 Å². The number of rotatable bonds is 5. The molecule has 16 heteroatoms. The molecule has 7 heterocycles. The quantitative estimate of drug-likeness (QED) is 0.188. The van der Waals surface area contributed by atoms with Crippen molar-refractivity contribution in [2.75, 3.05) is 19.6 Å². The van der Waals surface area contributed by atoms with Crippen molar-refractivity contribution in [1.82, 2.24) is 43.4 Å². The van der Waals surface area contributed by atoms with Gasteiger partial charge >= 0.3 is 11.8 Å². The number of aromatic nitrogens is 7. The van der Waals surface area contributed by atoms with Crippen LogP contribution in [0.5, 0.6) is 0 Å². The molecule has 56 heavy (non-hydrogen) atoms. The number of likely N-dealkylation sites (tertiary alicyclic amines) is 1. The van der Waals surface area contributed by atoms with Gasteiger partial charge in [-0.25, -0.2) is 28.9 Å². The highest BCUT2D eigenvalue weighted by molar-refractivity contribution is 6.28. The second-order valence-electron chi connectivity index (χ2n) is 15.1. The van der Waals surface area contributed by atoms with E-state index in [9.17, 15) is 19.6 Å². The molecule has 0 atom stereocenters. The average molecular weight is 777 g/mol. The molecule has 2 aliphatic heterocycles. The summed E-state index contributed by atoms with van der Waals surface area (Å²) in [6.45, 7) is 8.88. The lowest BCUT2D eigenvalue weighted by atomic mass is 10.0. The van der Waals surface area contributed by atoms with Crippen molar-refractivity contribution in [2.24, 2.45) is 0 Å². The van der Waals surface area contributed by atoms with Gasteiger partial charge in [-0.15, -0.1) is 0 Å². The van der Waals surface area contributed by atoms with Crippen LogP contribution in [0.15, 0.2) is 59.7 Å². The van der Waals surface area contributed by atoms with E-state index in [-0.39, 0.29) is 47.3 Å². The lowest BCUT2D eigenvalue weighted by Crippen LogP contribution is -2.43. The summed E-state index contributed by atoms with van der Waals surface area (Å²) in [7, 11) is 0. The van der Waals surface area contributed by atoms with E-state index in [2.05, 4.69) is 19.9 Å². The van der Waals surface area contributed by atoms with Crippen LogP contribution in [0.3, 0.4) is 0 Å². The number of fused-ring (bicyclic) bond motifs is 4. The number of ether oxygens (including phenoxy) is 1. The van der Waals surface area contributed by atoms with Gasteiger partial charge in [0.25, 0.3) is 5.91 Å². The van der Waals surface area contributed by atoms with Gasteiger partial charge in [-0.3, -0.25) is 13.9 Å². The van der Waals surface area contributed by atoms with Gasteiger partial charge in [0, 0.05) is 48.5 Å². The van der Waals surface area contributed by atoms with Gasteiger partial charge in [0.2, 0.25) is 5.28 Å². The highest BCUT2D eigenvalue weighted by Gasteiger charge is 2.32. The van der Waals surface area contributed by atoms with E-state index in [4.69, 9.17) is 16.3 Å². The first kappa shape index (κ1) is 36.8. The summed E-state index contributed by atoms with van der Waals surface area (Å²) in [5, 5.41) is 10.2. The number of imidazole rings is 1.